The first-order valence-electron chi connectivity index (χ1n) is 8.25. The van der Waals surface area contributed by atoms with E-state index < -0.39 is 11.7 Å². The average molecular weight is 334 g/mol. The van der Waals surface area contributed by atoms with Gasteiger partial charge in [-0.1, -0.05) is 30.3 Å². The van der Waals surface area contributed by atoms with Crippen molar-refractivity contribution in [3.8, 4) is 0 Å². The van der Waals surface area contributed by atoms with Crippen LogP contribution in [-0.2, 0) is 21.0 Å². The van der Waals surface area contributed by atoms with Crippen molar-refractivity contribution in [2.24, 2.45) is 11.7 Å². The molecule has 0 aromatic heterocycles. The van der Waals surface area contributed by atoms with Gasteiger partial charge in [0, 0.05) is 12.0 Å². The van der Waals surface area contributed by atoms with Crippen LogP contribution in [-0.4, -0.2) is 28.7 Å². The molecule has 0 bridgehead atoms. The first-order chi connectivity index (χ1) is 11.3. The van der Waals surface area contributed by atoms with Crippen LogP contribution < -0.4 is 5.73 Å². The predicted octanol–water partition coefficient (Wildman–Crippen LogP) is 3.01. The monoisotopic (exact) mass is 334 g/mol. The van der Waals surface area contributed by atoms with Crippen LogP contribution >= 0.6 is 0 Å². The maximum Gasteiger partial charge on any atom is 0.442 e. The summed E-state index contributed by atoms with van der Waals surface area (Å²) in [6, 6.07) is 9.35. The minimum absolute atomic E-state index is 0.00596. The Morgan fingerprint density at radius 1 is 1.21 bits per heavy atom. The summed E-state index contributed by atoms with van der Waals surface area (Å²) in [6.07, 6.45) is 1.21. The Bertz CT molecular complexity index is 568. The second-order valence-corrected chi connectivity index (χ2v) is 7.14. The van der Waals surface area contributed by atoms with Crippen LogP contribution in [0.3, 0.4) is 0 Å². The van der Waals surface area contributed by atoms with Crippen LogP contribution in [0.4, 0.5) is 4.79 Å². The molecule has 1 aromatic rings. The fourth-order valence-corrected chi connectivity index (χ4v) is 2.63. The van der Waals surface area contributed by atoms with Crippen molar-refractivity contribution in [2.45, 2.75) is 58.3 Å². The smallest absolute Gasteiger partial charge is 0.442 e. The molecule has 2 N–H and O–H groups in total. The molecule has 0 spiro atoms. The highest BCUT2D eigenvalue weighted by Gasteiger charge is 2.36. The molecule has 0 saturated heterocycles. The Balaban J connectivity index is 2.08. The summed E-state index contributed by atoms with van der Waals surface area (Å²) >= 11 is 0. The second kappa shape index (κ2) is 7.77. The lowest BCUT2D eigenvalue weighted by atomic mass is 10.1. The van der Waals surface area contributed by atoms with Gasteiger partial charge in [-0.25, -0.2) is 4.79 Å². The van der Waals surface area contributed by atoms with Gasteiger partial charge in [0.05, 0.1) is 0 Å². The predicted molar refractivity (Wildman–Crippen MR) is 89.6 cm³/mol. The SMILES string of the molecule is CC(C)(C)OC(=O)N(OCc1ccccc1)C(=O)[C@H]1CC[C@H](N)C1. The van der Waals surface area contributed by atoms with Crippen LogP contribution in [0, 0.1) is 5.92 Å². The van der Waals surface area contributed by atoms with Crippen LogP contribution in [0.15, 0.2) is 30.3 Å². The van der Waals surface area contributed by atoms with Crippen molar-refractivity contribution in [1.29, 1.82) is 0 Å². The number of hydrogen-bond acceptors (Lipinski definition) is 5. The minimum Gasteiger partial charge on any atom is -0.442 e. The summed E-state index contributed by atoms with van der Waals surface area (Å²) in [5, 5.41) is 0.765. The Kier molecular flexibility index (Phi) is 5.96. The molecule has 1 aliphatic carbocycles. The van der Waals surface area contributed by atoms with Gasteiger partial charge in [-0.15, -0.1) is 5.06 Å². The van der Waals surface area contributed by atoms with Crippen molar-refractivity contribution in [1.82, 2.24) is 5.06 Å². The summed E-state index contributed by atoms with van der Waals surface area (Å²) in [7, 11) is 0. The summed E-state index contributed by atoms with van der Waals surface area (Å²) in [4.78, 5) is 30.6. The third-order valence-corrected chi connectivity index (χ3v) is 3.79. The van der Waals surface area contributed by atoms with Crippen LogP contribution in [0.1, 0.15) is 45.6 Å². The van der Waals surface area contributed by atoms with Crippen molar-refractivity contribution >= 4 is 12.0 Å². The molecule has 2 amide bonds. The van der Waals surface area contributed by atoms with Gasteiger partial charge in [0.1, 0.15) is 12.2 Å². The van der Waals surface area contributed by atoms with E-state index in [-0.39, 0.29) is 24.5 Å². The Labute approximate surface area is 142 Å². The van der Waals surface area contributed by atoms with E-state index in [0.717, 1.165) is 17.0 Å². The zero-order valence-electron chi connectivity index (χ0n) is 14.5. The van der Waals surface area contributed by atoms with Gasteiger partial charge in [0.25, 0.3) is 5.91 Å². The number of rotatable bonds is 4. The van der Waals surface area contributed by atoms with Crippen LogP contribution in [0.5, 0.6) is 0 Å². The molecule has 0 heterocycles. The number of imide groups is 1. The van der Waals surface area contributed by atoms with Gasteiger partial charge in [-0.2, -0.15) is 0 Å². The van der Waals surface area contributed by atoms with Gasteiger partial charge >= 0.3 is 6.09 Å². The third kappa shape index (κ3) is 5.32. The van der Waals surface area contributed by atoms with Crippen molar-refractivity contribution < 1.29 is 19.2 Å². The van der Waals surface area contributed by atoms with E-state index in [1.807, 2.05) is 30.3 Å². The van der Waals surface area contributed by atoms with Gasteiger partial charge in [-0.3, -0.25) is 9.63 Å². The lowest BCUT2D eigenvalue weighted by Gasteiger charge is -2.27. The van der Waals surface area contributed by atoms with Crippen molar-refractivity contribution in [3.05, 3.63) is 35.9 Å². The molecule has 1 saturated carbocycles. The molecule has 0 radical (unpaired) electrons. The van der Waals surface area contributed by atoms with Gasteiger partial charge < -0.3 is 10.5 Å². The molecule has 1 aliphatic rings. The molecule has 6 heteroatoms. The second-order valence-electron chi connectivity index (χ2n) is 7.14. The number of ether oxygens (including phenoxy) is 1. The van der Waals surface area contributed by atoms with Crippen LogP contribution in [0.2, 0.25) is 0 Å². The molecule has 6 nitrogen and oxygen atoms in total. The maximum absolute atomic E-state index is 12.7. The summed E-state index contributed by atoms with van der Waals surface area (Å²) < 4.78 is 5.31. The fourth-order valence-electron chi connectivity index (χ4n) is 2.63. The topological polar surface area (TPSA) is 81.9 Å². The largest absolute Gasteiger partial charge is 0.442 e. The molecular weight excluding hydrogens is 308 g/mol. The van der Waals surface area contributed by atoms with E-state index in [1.165, 1.54) is 0 Å². The standard InChI is InChI=1S/C18H26N2O4/c1-18(2,3)24-17(22)20(16(21)14-9-10-15(19)11-14)23-12-13-7-5-4-6-8-13/h4-8,14-15H,9-12,19H2,1-3H3/t14-,15-/m0/s1. The van der Waals surface area contributed by atoms with Gasteiger partial charge in [-0.05, 0) is 45.6 Å². The number of hydroxylamine groups is 2. The van der Waals surface area contributed by atoms with Crippen LogP contribution in [0.25, 0.3) is 0 Å². The molecule has 1 fully saturated rings. The average Bonchev–Trinajstić information content (AvgIpc) is 2.93. The maximum atomic E-state index is 12.7. The van der Waals surface area contributed by atoms with E-state index >= 15 is 0 Å². The normalized spacial score (nSPS) is 20.7. The van der Waals surface area contributed by atoms with E-state index in [0.29, 0.717) is 12.8 Å². The zero-order chi connectivity index (χ0) is 17.7. The molecule has 0 aliphatic heterocycles. The minimum atomic E-state index is -0.788. The first kappa shape index (κ1) is 18.4. The number of benzene rings is 1. The molecule has 0 unspecified atom stereocenters. The number of carbonyl (C=O) groups is 2. The van der Waals surface area contributed by atoms with Gasteiger partial charge in [0.15, 0.2) is 0 Å². The number of nitrogens with two attached hydrogens (primary N) is 1. The number of hydrogen-bond donors (Lipinski definition) is 1. The molecular formula is C18H26N2O4. The summed E-state index contributed by atoms with van der Waals surface area (Å²) in [6.45, 7) is 5.35. The lowest BCUT2D eigenvalue weighted by Crippen LogP contribution is -2.43. The molecule has 2 atom stereocenters. The molecule has 1 aromatic carbocycles. The third-order valence-electron chi connectivity index (χ3n) is 3.79. The van der Waals surface area contributed by atoms with Crippen molar-refractivity contribution in [3.63, 3.8) is 0 Å². The lowest BCUT2D eigenvalue weighted by molar-refractivity contribution is -0.186. The number of amides is 2. The molecule has 24 heavy (non-hydrogen) atoms. The van der Waals surface area contributed by atoms with E-state index in [2.05, 4.69) is 0 Å². The Morgan fingerprint density at radius 2 is 1.88 bits per heavy atom. The highest BCUT2D eigenvalue weighted by molar-refractivity contribution is 5.92. The zero-order valence-corrected chi connectivity index (χ0v) is 14.5. The summed E-state index contributed by atoms with van der Waals surface area (Å²) in [5.74, 6) is -0.684. The quantitative estimate of drug-likeness (QED) is 0.856. The van der Waals surface area contributed by atoms with Gasteiger partial charge in [0.2, 0.25) is 0 Å². The highest BCUT2D eigenvalue weighted by Crippen LogP contribution is 2.27. The highest BCUT2D eigenvalue weighted by atomic mass is 16.7. The molecule has 2 rings (SSSR count). The Morgan fingerprint density at radius 3 is 2.42 bits per heavy atom. The summed E-state index contributed by atoms with van der Waals surface area (Å²) in [5.41, 5.74) is 6.03. The van der Waals surface area contributed by atoms with E-state index in [4.69, 9.17) is 15.3 Å². The molecule has 132 valence electrons. The first-order valence-corrected chi connectivity index (χ1v) is 8.25. The fraction of sp³-hybridized carbons (Fsp3) is 0.556. The Hall–Kier alpha value is -1.92. The number of nitrogens with zero attached hydrogens (tertiary/aromatic N) is 1. The van der Waals surface area contributed by atoms with Crippen molar-refractivity contribution in [2.75, 3.05) is 0 Å². The van der Waals surface area contributed by atoms with E-state index in [1.54, 1.807) is 20.8 Å². The van der Waals surface area contributed by atoms with E-state index in [9.17, 15) is 9.59 Å². The number of carbonyl (C=O) groups excluding carboxylic acids is 2.